The lowest BCUT2D eigenvalue weighted by molar-refractivity contribution is -0.136. The molecule has 0 aliphatic carbocycles. The largest absolute Gasteiger partial charge is 0.348 e. The average Bonchev–Trinajstić information content (AvgIpc) is 2.59. The van der Waals surface area contributed by atoms with Gasteiger partial charge in [-0.15, -0.1) is 0 Å². The molecule has 25 heavy (non-hydrogen) atoms. The minimum absolute atomic E-state index is 0.557. The third kappa shape index (κ3) is 11.0. The van der Waals surface area contributed by atoms with Crippen LogP contribution >= 0.6 is 15.9 Å². The topological polar surface area (TPSA) is 58.2 Å². The zero-order chi connectivity index (χ0) is 18.3. The standard InChI is InChI=1S/C20H31BrN2O2/c1-2-3-4-5-6-7-8-9-10-11-15-22-19(24)20(25)23-18-14-12-13-17(21)16-18/h12-14,16H,2-11,15H2,1H3,(H,22,24)(H,23,25). The van der Waals surface area contributed by atoms with Crippen molar-refractivity contribution in [3.8, 4) is 0 Å². The minimum Gasteiger partial charge on any atom is -0.348 e. The third-order valence-electron chi connectivity index (χ3n) is 4.10. The zero-order valence-electron chi connectivity index (χ0n) is 15.3. The first-order valence-corrected chi connectivity index (χ1v) is 10.3. The Hall–Kier alpha value is -1.36. The van der Waals surface area contributed by atoms with Gasteiger partial charge in [-0.2, -0.15) is 0 Å². The summed E-state index contributed by atoms with van der Waals surface area (Å²) in [6.45, 7) is 2.80. The van der Waals surface area contributed by atoms with E-state index in [4.69, 9.17) is 0 Å². The van der Waals surface area contributed by atoms with Gasteiger partial charge in [-0.3, -0.25) is 9.59 Å². The van der Waals surface area contributed by atoms with Crippen molar-refractivity contribution in [3.05, 3.63) is 28.7 Å². The fourth-order valence-electron chi connectivity index (χ4n) is 2.65. The smallest absolute Gasteiger partial charge is 0.313 e. The van der Waals surface area contributed by atoms with Crippen LogP contribution in [0.15, 0.2) is 28.7 Å². The highest BCUT2D eigenvalue weighted by molar-refractivity contribution is 9.10. The van der Waals surface area contributed by atoms with E-state index < -0.39 is 11.8 Å². The highest BCUT2D eigenvalue weighted by Gasteiger charge is 2.12. The number of anilines is 1. The number of benzene rings is 1. The van der Waals surface area contributed by atoms with E-state index >= 15 is 0 Å². The van der Waals surface area contributed by atoms with E-state index in [-0.39, 0.29) is 0 Å². The van der Waals surface area contributed by atoms with Crippen molar-refractivity contribution >= 4 is 33.4 Å². The molecule has 0 saturated heterocycles. The second-order valence-corrected chi connectivity index (χ2v) is 7.32. The molecule has 0 spiro atoms. The van der Waals surface area contributed by atoms with Crippen molar-refractivity contribution in [2.45, 2.75) is 71.1 Å². The molecule has 1 aromatic rings. The molecule has 0 radical (unpaired) electrons. The van der Waals surface area contributed by atoms with Crippen LogP contribution in [0.1, 0.15) is 71.1 Å². The molecule has 0 aliphatic rings. The Morgan fingerprint density at radius 1 is 0.880 bits per heavy atom. The fourth-order valence-corrected chi connectivity index (χ4v) is 3.05. The van der Waals surface area contributed by atoms with Gasteiger partial charge in [0.2, 0.25) is 0 Å². The highest BCUT2D eigenvalue weighted by Crippen LogP contribution is 2.15. The van der Waals surface area contributed by atoms with E-state index in [1.807, 2.05) is 6.07 Å². The van der Waals surface area contributed by atoms with Gasteiger partial charge in [-0.1, -0.05) is 86.7 Å². The van der Waals surface area contributed by atoms with Gasteiger partial charge in [0.15, 0.2) is 0 Å². The minimum atomic E-state index is -0.620. The Bertz CT molecular complexity index is 520. The number of amides is 2. The molecular weight excluding hydrogens is 380 g/mol. The lowest BCUT2D eigenvalue weighted by Crippen LogP contribution is -2.35. The number of unbranched alkanes of at least 4 members (excludes halogenated alkanes) is 9. The van der Waals surface area contributed by atoms with E-state index in [2.05, 4.69) is 33.5 Å². The summed E-state index contributed by atoms with van der Waals surface area (Å²) in [5.41, 5.74) is 0.605. The SMILES string of the molecule is CCCCCCCCCCCCNC(=O)C(=O)Nc1cccc(Br)c1. The molecule has 0 unspecified atom stereocenters. The van der Waals surface area contributed by atoms with Crippen LogP contribution in [0.2, 0.25) is 0 Å². The molecule has 1 aromatic carbocycles. The monoisotopic (exact) mass is 410 g/mol. The van der Waals surface area contributed by atoms with Crippen molar-refractivity contribution in [2.24, 2.45) is 0 Å². The van der Waals surface area contributed by atoms with Crippen molar-refractivity contribution in [1.29, 1.82) is 0 Å². The molecule has 1 rings (SSSR count). The number of rotatable bonds is 12. The van der Waals surface area contributed by atoms with Gasteiger partial charge >= 0.3 is 11.8 Å². The van der Waals surface area contributed by atoms with Crippen LogP contribution in [0.4, 0.5) is 5.69 Å². The number of hydrogen-bond acceptors (Lipinski definition) is 2. The summed E-state index contributed by atoms with van der Waals surface area (Å²) in [5, 5.41) is 5.27. The van der Waals surface area contributed by atoms with Gasteiger partial charge in [-0.25, -0.2) is 0 Å². The molecule has 0 atom stereocenters. The molecule has 5 heteroatoms. The van der Waals surface area contributed by atoms with E-state index in [0.717, 1.165) is 17.3 Å². The predicted molar refractivity (Wildman–Crippen MR) is 108 cm³/mol. The lowest BCUT2D eigenvalue weighted by atomic mass is 10.1. The maximum atomic E-state index is 11.8. The Balaban J connectivity index is 2.00. The van der Waals surface area contributed by atoms with Crippen LogP contribution in [0.25, 0.3) is 0 Å². The van der Waals surface area contributed by atoms with Crippen molar-refractivity contribution in [1.82, 2.24) is 5.32 Å². The molecule has 4 nitrogen and oxygen atoms in total. The molecule has 0 bridgehead atoms. The highest BCUT2D eigenvalue weighted by atomic mass is 79.9. The van der Waals surface area contributed by atoms with Crippen molar-refractivity contribution in [2.75, 3.05) is 11.9 Å². The lowest BCUT2D eigenvalue weighted by Gasteiger charge is -2.07. The Morgan fingerprint density at radius 2 is 1.48 bits per heavy atom. The third-order valence-corrected chi connectivity index (χ3v) is 4.60. The second kappa shape index (κ2) is 13.9. The van der Waals surface area contributed by atoms with Gasteiger partial charge in [-0.05, 0) is 24.6 Å². The molecule has 140 valence electrons. The summed E-state index contributed by atoms with van der Waals surface area (Å²) in [7, 11) is 0. The molecule has 0 saturated carbocycles. The molecular formula is C20H31BrN2O2. The normalized spacial score (nSPS) is 10.5. The summed E-state index contributed by atoms with van der Waals surface area (Å²) >= 11 is 3.33. The van der Waals surface area contributed by atoms with Gasteiger partial charge < -0.3 is 10.6 Å². The molecule has 0 aliphatic heterocycles. The first-order valence-electron chi connectivity index (χ1n) is 9.48. The van der Waals surface area contributed by atoms with E-state index in [9.17, 15) is 9.59 Å². The number of carbonyl (C=O) groups is 2. The number of hydrogen-bond donors (Lipinski definition) is 2. The Morgan fingerprint density at radius 3 is 2.08 bits per heavy atom. The molecule has 0 aromatic heterocycles. The quantitative estimate of drug-likeness (QED) is 0.356. The van der Waals surface area contributed by atoms with Crippen LogP contribution in [0, 0.1) is 0 Å². The van der Waals surface area contributed by atoms with Crippen molar-refractivity contribution in [3.63, 3.8) is 0 Å². The summed E-state index contributed by atoms with van der Waals surface area (Å²) in [5.74, 6) is -1.19. The summed E-state index contributed by atoms with van der Waals surface area (Å²) in [4.78, 5) is 23.6. The number of halogens is 1. The molecule has 2 N–H and O–H groups in total. The van der Waals surface area contributed by atoms with Crippen LogP contribution in [0.3, 0.4) is 0 Å². The predicted octanol–water partition coefficient (Wildman–Crippen LogP) is 5.42. The first-order chi connectivity index (χ1) is 12.1. The van der Waals surface area contributed by atoms with Crippen LogP contribution in [0.5, 0.6) is 0 Å². The van der Waals surface area contributed by atoms with Gasteiger partial charge in [0.25, 0.3) is 0 Å². The Labute approximate surface area is 160 Å². The second-order valence-electron chi connectivity index (χ2n) is 6.40. The Kier molecular flexibility index (Phi) is 12.0. The first kappa shape index (κ1) is 21.7. The van der Waals surface area contributed by atoms with E-state index in [1.54, 1.807) is 18.2 Å². The maximum Gasteiger partial charge on any atom is 0.313 e. The fraction of sp³-hybridized carbons (Fsp3) is 0.600. The number of carbonyl (C=O) groups excluding carboxylic acids is 2. The summed E-state index contributed by atoms with van der Waals surface area (Å²) in [6.07, 6.45) is 12.5. The maximum absolute atomic E-state index is 11.8. The van der Waals surface area contributed by atoms with Crippen molar-refractivity contribution < 1.29 is 9.59 Å². The zero-order valence-corrected chi connectivity index (χ0v) is 16.9. The number of nitrogens with one attached hydrogen (secondary N) is 2. The van der Waals surface area contributed by atoms with Crippen LogP contribution < -0.4 is 10.6 Å². The van der Waals surface area contributed by atoms with Gasteiger partial charge in [0, 0.05) is 16.7 Å². The van der Waals surface area contributed by atoms with E-state index in [1.165, 1.54) is 51.4 Å². The van der Waals surface area contributed by atoms with Crippen LogP contribution in [-0.4, -0.2) is 18.4 Å². The summed E-state index contributed by atoms with van der Waals surface area (Å²) < 4.78 is 0.857. The van der Waals surface area contributed by atoms with E-state index in [0.29, 0.717) is 12.2 Å². The van der Waals surface area contributed by atoms with Gasteiger partial charge in [0.1, 0.15) is 0 Å². The summed E-state index contributed by atoms with van der Waals surface area (Å²) in [6, 6.07) is 7.17. The van der Waals surface area contributed by atoms with Crippen LogP contribution in [-0.2, 0) is 9.59 Å². The molecule has 0 heterocycles. The molecule has 0 fully saturated rings. The molecule has 2 amide bonds. The van der Waals surface area contributed by atoms with Gasteiger partial charge in [0.05, 0.1) is 0 Å². The average molecular weight is 411 g/mol.